The lowest BCUT2D eigenvalue weighted by molar-refractivity contribution is -0.129. The molecular weight excluding hydrogens is 302 g/mol. The van der Waals surface area contributed by atoms with Crippen molar-refractivity contribution >= 4 is 11.7 Å². The van der Waals surface area contributed by atoms with Gasteiger partial charge in [-0.1, -0.05) is 25.7 Å². The average molecular weight is 335 g/mol. The monoisotopic (exact) mass is 335 g/mol. The molecule has 1 saturated heterocycles. The number of nitrogens with two attached hydrogens (primary N) is 1. The van der Waals surface area contributed by atoms with Crippen LogP contribution in [-0.4, -0.2) is 47.8 Å². The van der Waals surface area contributed by atoms with Crippen LogP contribution in [0.2, 0.25) is 0 Å². The Balaban J connectivity index is 1.55. The SMILES string of the molecule is NC(=O)C1(NCC2CCCCC2)CCN(C2CCCCC2=O)CC1. The highest BCUT2D eigenvalue weighted by Gasteiger charge is 2.42. The van der Waals surface area contributed by atoms with Crippen LogP contribution in [0, 0.1) is 5.92 Å². The normalized spacial score (nSPS) is 29.5. The number of likely N-dealkylation sites (tertiary alicyclic amines) is 1. The van der Waals surface area contributed by atoms with E-state index in [1.807, 2.05) is 0 Å². The summed E-state index contributed by atoms with van der Waals surface area (Å²) in [7, 11) is 0. The van der Waals surface area contributed by atoms with Gasteiger partial charge in [0.2, 0.25) is 5.91 Å². The molecule has 0 radical (unpaired) electrons. The van der Waals surface area contributed by atoms with E-state index in [0.717, 1.165) is 58.2 Å². The van der Waals surface area contributed by atoms with Crippen LogP contribution in [0.4, 0.5) is 0 Å². The van der Waals surface area contributed by atoms with Gasteiger partial charge >= 0.3 is 0 Å². The third-order valence-corrected chi connectivity index (χ3v) is 6.54. The first-order valence-corrected chi connectivity index (χ1v) is 9.92. The number of amides is 1. The van der Waals surface area contributed by atoms with Crippen LogP contribution in [0.5, 0.6) is 0 Å². The molecule has 3 aliphatic rings. The molecule has 5 nitrogen and oxygen atoms in total. The summed E-state index contributed by atoms with van der Waals surface area (Å²) >= 11 is 0. The molecule has 3 rings (SSSR count). The van der Waals surface area contributed by atoms with Gasteiger partial charge in [-0.3, -0.25) is 14.5 Å². The minimum absolute atomic E-state index is 0.0861. The van der Waals surface area contributed by atoms with E-state index in [9.17, 15) is 9.59 Å². The summed E-state index contributed by atoms with van der Waals surface area (Å²) in [5, 5.41) is 3.55. The first-order valence-electron chi connectivity index (χ1n) is 9.92. The molecule has 24 heavy (non-hydrogen) atoms. The Morgan fingerprint density at radius 2 is 1.75 bits per heavy atom. The van der Waals surface area contributed by atoms with Crippen molar-refractivity contribution in [3.8, 4) is 0 Å². The quantitative estimate of drug-likeness (QED) is 0.806. The molecule has 3 fully saturated rings. The minimum atomic E-state index is -0.564. The summed E-state index contributed by atoms with van der Waals surface area (Å²) in [6.45, 7) is 2.51. The number of carbonyl (C=O) groups is 2. The Morgan fingerprint density at radius 3 is 2.38 bits per heavy atom. The highest BCUT2D eigenvalue weighted by atomic mass is 16.1. The predicted octanol–water partition coefficient (Wildman–Crippen LogP) is 1.99. The van der Waals surface area contributed by atoms with Crippen LogP contribution in [-0.2, 0) is 9.59 Å². The second-order valence-electron chi connectivity index (χ2n) is 8.10. The molecule has 1 heterocycles. The molecule has 0 spiro atoms. The molecule has 1 aliphatic heterocycles. The molecule has 136 valence electrons. The van der Waals surface area contributed by atoms with Gasteiger partial charge < -0.3 is 11.1 Å². The predicted molar refractivity (Wildman–Crippen MR) is 94.6 cm³/mol. The highest BCUT2D eigenvalue weighted by Crippen LogP contribution is 2.29. The second kappa shape index (κ2) is 7.96. The van der Waals surface area contributed by atoms with Gasteiger partial charge in [-0.15, -0.1) is 0 Å². The summed E-state index contributed by atoms with van der Waals surface area (Å²) in [6.07, 6.45) is 11.9. The lowest BCUT2D eigenvalue weighted by Gasteiger charge is -2.44. The Labute approximate surface area is 145 Å². The zero-order chi connectivity index (χ0) is 17.0. The van der Waals surface area contributed by atoms with Gasteiger partial charge in [0.05, 0.1) is 6.04 Å². The van der Waals surface area contributed by atoms with E-state index in [4.69, 9.17) is 5.73 Å². The molecule has 0 aromatic heterocycles. The lowest BCUT2D eigenvalue weighted by Crippen LogP contribution is -2.63. The van der Waals surface area contributed by atoms with Crippen molar-refractivity contribution in [1.29, 1.82) is 0 Å². The molecule has 0 aromatic carbocycles. The van der Waals surface area contributed by atoms with Crippen molar-refractivity contribution in [3.63, 3.8) is 0 Å². The number of piperidine rings is 1. The van der Waals surface area contributed by atoms with Gasteiger partial charge in [0.15, 0.2) is 0 Å². The molecule has 1 atom stereocenters. The maximum absolute atomic E-state index is 12.2. The largest absolute Gasteiger partial charge is 0.368 e. The number of Topliss-reactive ketones (excluding diaryl/α,β-unsaturated/α-hetero) is 1. The van der Waals surface area contributed by atoms with Crippen molar-refractivity contribution in [2.45, 2.75) is 82.2 Å². The molecule has 2 aliphatic carbocycles. The molecule has 2 saturated carbocycles. The number of hydrogen-bond donors (Lipinski definition) is 2. The van der Waals surface area contributed by atoms with Gasteiger partial charge in [0, 0.05) is 19.5 Å². The second-order valence-corrected chi connectivity index (χ2v) is 8.10. The third-order valence-electron chi connectivity index (χ3n) is 6.54. The summed E-state index contributed by atoms with van der Waals surface area (Å²) in [5.41, 5.74) is 5.22. The summed E-state index contributed by atoms with van der Waals surface area (Å²) in [5.74, 6) is 0.865. The van der Waals surface area contributed by atoms with E-state index < -0.39 is 5.54 Å². The zero-order valence-electron chi connectivity index (χ0n) is 14.9. The minimum Gasteiger partial charge on any atom is -0.368 e. The van der Waals surface area contributed by atoms with Gasteiger partial charge in [-0.05, 0) is 51.0 Å². The number of rotatable bonds is 5. The average Bonchev–Trinajstić information content (AvgIpc) is 2.62. The zero-order valence-corrected chi connectivity index (χ0v) is 14.9. The van der Waals surface area contributed by atoms with Crippen molar-refractivity contribution in [3.05, 3.63) is 0 Å². The standard InChI is InChI=1S/C19H33N3O2/c20-18(24)19(21-14-15-6-2-1-3-7-15)10-12-22(13-11-19)16-8-4-5-9-17(16)23/h15-16,21H,1-14H2,(H2,20,24). The highest BCUT2D eigenvalue weighted by molar-refractivity contribution is 5.86. The van der Waals surface area contributed by atoms with Crippen LogP contribution in [0.15, 0.2) is 0 Å². The Bertz CT molecular complexity index is 452. The number of ketones is 1. The van der Waals surface area contributed by atoms with Crippen molar-refractivity contribution in [2.75, 3.05) is 19.6 Å². The third kappa shape index (κ3) is 3.99. The van der Waals surface area contributed by atoms with Gasteiger partial charge in [-0.25, -0.2) is 0 Å². The fourth-order valence-electron chi connectivity index (χ4n) is 4.81. The number of carbonyl (C=O) groups excluding carboxylic acids is 2. The van der Waals surface area contributed by atoms with Gasteiger partial charge in [0.1, 0.15) is 11.3 Å². The molecule has 3 N–H and O–H groups in total. The fraction of sp³-hybridized carbons (Fsp3) is 0.895. The van der Waals surface area contributed by atoms with Crippen molar-refractivity contribution in [1.82, 2.24) is 10.2 Å². The molecule has 1 amide bonds. The first kappa shape index (κ1) is 17.9. The van der Waals surface area contributed by atoms with Gasteiger partial charge in [-0.2, -0.15) is 0 Å². The van der Waals surface area contributed by atoms with E-state index in [1.165, 1.54) is 32.1 Å². The van der Waals surface area contributed by atoms with Crippen molar-refractivity contribution in [2.24, 2.45) is 11.7 Å². The topological polar surface area (TPSA) is 75.4 Å². The first-order chi connectivity index (χ1) is 11.6. The number of hydrogen-bond acceptors (Lipinski definition) is 4. The van der Waals surface area contributed by atoms with E-state index in [-0.39, 0.29) is 11.9 Å². The Kier molecular flexibility index (Phi) is 5.93. The van der Waals surface area contributed by atoms with Crippen LogP contribution in [0.25, 0.3) is 0 Å². The van der Waals surface area contributed by atoms with Crippen LogP contribution in [0.3, 0.4) is 0 Å². The van der Waals surface area contributed by atoms with Crippen LogP contribution >= 0.6 is 0 Å². The van der Waals surface area contributed by atoms with Crippen LogP contribution < -0.4 is 11.1 Å². The number of nitrogens with zero attached hydrogens (tertiary/aromatic N) is 1. The molecule has 0 bridgehead atoms. The molecule has 5 heteroatoms. The van der Waals surface area contributed by atoms with E-state index in [1.54, 1.807) is 0 Å². The summed E-state index contributed by atoms with van der Waals surface area (Å²) in [4.78, 5) is 26.6. The fourth-order valence-corrected chi connectivity index (χ4v) is 4.81. The van der Waals surface area contributed by atoms with E-state index >= 15 is 0 Å². The smallest absolute Gasteiger partial charge is 0.237 e. The number of primary amides is 1. The maximum atomic E-state index is 12.2. The maximum Gasteiger partial charge on any atom is 0.237 e. The molecular formula is C19H33N3O2. The van der Waals surface area contributed by atoms with Crippen molar-refractivity contribution < 1.29 is 9.59 Å². The van der Waals surface area contributed by atoms with E-state index in [0.29, 0.717) is 11.7 Å². The summed E-state index contributed by atoms with van der Waals surface area (Å²) in [6, 6.07) is 0.0861. The Morgan fingerprint density at radius 1 is 1.08 bits per heavy atom. The molecule has 1 unspecified atom stereocenters. The van der Waals surface area contributed by atoms with Gasteiger partial charge in [0.25, 0.3) is 0 Å². The van der Waals surface area contributed by atoms with Crippen LogP contribution in [0.1, 0.15) is 70.6 Å². The Hall–Kier alpha value is -0.940. The van der Waals surface area contributed by atoms with E-state index in [2.05, 4.69) is 10.2 Å². The lowest BCUT2D eigenvalue weighted by atomic mass is 9.82. The number of nitrogens with one attached hydrogen (secondary N) is 1. The molecule has 0 aromatic rings. The summed E-state index contributed by atoms with van der Waals surface area (Å²) < 4.78 is 0.